The summed E-state index contributed by atoms with van der Waals surface area (Å²) >= 11 is 0. The highest BCUT2D eigenvalue weighted by Crippen LogP contribution is 2.21. The van der Waals surface area contributed by atoms with Gasteiger partial charge in [0.2, 0.25) is 0 Å². The van der Waals surface area contributed by atoms with Crippen LogP contribution in [0, 0.1) is 24.1 Å². The number of hydrogen-bond donors (Lipinski definition) is 3. The van der Waals surface area contributed by atoms with Crippen molar-refractivity contribution >= 4 is 28.4 Å². The number of nitrogens with zero attached hydrogens (tertiary/aromatic N) is 2. The molecule has 1 heterocycles. The van der Waals surface area contributed by atoms with Crippen molar-refractivity contribution in [1.29, 1.82) is 5.26 Å². The highest BCUT2D eigenvalue weighted by molar-refractivity contribution is 5.89. The van der Waals surface area contributed by atoms with Crippen LogP contribution >= 0.6 is 0 Å². The summed E-state index contributed by atoms with van der Waals surface area (Å²) in [6.07, 6.45) is 0.614. The number of hydrogen-bond acceptors (Lipinski definition) is 4. The average Bonchev–Trinajstić information content (AvgIpc) is 2.68. The zero-order valence-electron chi connectivity index (χ0n) is 15.4. The fourth-order valence-corrected chi connectivity index (χ4v) is 2.72. The van der Waals surface area contributed by atoms with Crippen LogP contribution in [0.3, 0.4) is 0 Å². The quantitative estimate of drug-likeness (QED) is 0.562. The number of anilines is 2. The average molecular weight is 377 g/mol. The zero-order chi connectivity index (χ0) is 19.9. The molecule has 1 aromatic heterocycles. The minimum atomic E-state index is -0.485. The van der Waals surface area contributed by atoms with Gasteiger partial charge >= 0.3 is 6.03 Å². The van der Waals surface area contributed by atoms with Crippen LogP contribution in [0.5, 0.6) is 0 Å². The lowest BCUT2D eigenvalue weighted by Gasteiger charge is -2.10. The molecule has 0 atom stereocenters. The molecule has 0 saturated heterocycles. The second-order valence-corrected chi connectivity index (χ2v) is 6.33. The molecule has 3 N–H and O–H groups in total. The van der Waals surface area contributed by atoms with Gasteiger partial charge in [-0.15, -0.1) is 0 Å². The Labute approximate surface area is 162 Å². The van der Waals surface area contributed by atoms with E-state index in [0.717, 1.165) is 16.5 Å². The number of carbonyl (C=O) groups excluding carboxylic acids is 1. The summed E-state index contributed by atoms with van der Waals surface area (Å²) in [6, 6.07) is 15.4. The number of aryl methyl sites for hydroxylation is 1. The highest BCUT2D eigenvalue weighted by atomic mass is 19.1. The van der Waals surface area contributed by atoms with Crippen molar-refractivity contribution in [2.24, 2.45) is 0 Å². The van der Waals surface area contributed by atoms with E-state index in [0.29, 0.717) is 30.9 Å². The van der Waals surface area contributed by atoms with Gasteiger partial charge < -0.3 is 16.0 Å². The van der Waals surface area contributed by atoms with Crippen molar-refractivity contribution in [3.05, 3.63) is 65.5 Å². The minimum absolute atomic E-state index is 0.132. The number of fused-ring (bicyclic) bond motifs is 1. The summed E-state index contributed by atoms with van der Waals surface area (Å²) in [7, 11) is 0. The van der Waals surface area contributed by atoms with Crippen LogP contribution in [-0.4, -0.2) is 24.1 Å². The Kier molecular flexibility index (Phi) is 6.02. The molecule has 3 rings (SSSR count). The Balaban J connectivity index is 1.50. The van der Waals surface area contributed by atoms with Crippen molar-refractivity contribution in [2.45, 2.75) is 13.3 Å². The van der Waals surface area contributed by atoms with Crippen molar-refractivity contribution in [2.75, 3.05) is 23.7 Å². The summed E-state index contributed by atoms with van der Waals surface area (Å²) < 4.78 is 13.5. The number of carbonyl (C=O) groups is 1. The predicted molar refractivity (Wildman–Crippen MR) is 108 cm³/mol. The predicted octanol–water partition coefficient (Wildman–Crippen LogP) is 4.18. The fourth-order valence-electron chi connectivity index (χ4n) is 2.72. The van der Waals surface area contributed by atoms with Crippen LogP contribution < -0.4 is 16.0 Å². The zero-order valence-corrected chi connectivity index (χ0v) is 15.4. The summed E-state index contributed by atoms with van der Waals surface area (Å²) in [6.45, 7) is 2.91. The third kappa shape index (κ3) is 4.74. The van der Waals surface area contributed by atoms with E-state index in [2.05, 4.69) is 27.0 Å². The van der Waals surface area contributed by atoms with Gasteiger partial charge in [-0.3, -0.25) is 0 Å². The molecular weight excluding hydrogens is 357 g/mol. The molecule has 0 bridgehead atoms. The number of rotatable bonds is 6. The fraction of sp³-hybridized carbons (Fsp3) is 0.190. The lowest BCUT2D eigenvalue weighted by molar-refractivity contribution is 0.252. The van der Waals surface area contributed by atoms with Crippen molar-refractivity contribution in [3.63, 3.8) is 0 Å². The standard InChI is InChI=1S/C21H20FN5O/c1-14-7-8-15-12-16(13-23)20(26-19(15)11-14)24-9-4-10-25-21(28)27-18-6-3-2-5-17(18)22/h2-3,5-8,11-12H,4,9-10H2,1H3,(H,24,26)(H2,25,27,28). The highest BCUT2D eigenvalue weighted by Gasteiger charge is 2.08. The first kappa shape index (κ1) is 19.1. The topological polar surface area (TPSA) is 89.8 Å². The summed E-state index contributed by atoms with van der Waals surface area (Å²) in [4.78, 5) is 16.3. The number of para-hydroxylation sites is 1. The van der Waals surface area contributed by atoms with E-state index in [1.807, 2.05) is 31.2 Å². The molecule has 0 spiro atoms. The van der Waals surface area contributed by atoms with Gasteiger partial charge in [-0.2, -0.15) is 5.26 Å². The number of urea groups is 1. The number of halogens is 1. The molecular formula is C21H20FN5O. The Hall–Kier alpha value is -3.66. The maximum Gasteiger partial charge on any atom is 0.319 e. The molecule has 6 nitrogen and oxygen atoms in total. The molecule has 0 aliphatic carbocycles. The smallest absolute Gasteiger partial charge is 0.319 e. The number of benzene rings is 2. The molecule has 0 fully saturated rings. The largest absolute Gasteiger partial charge is 0.369 e. The molecule has 28 heavy (non-hydrogen) atoms. The van der Waals surface area contributed by atoms with Gasteiger partial charge in [0.15, 0.2) is 0 Å². The number of pyridine rings is 1. The maximum absolute atomic E-state index is 13.5. The normalized spacial score (nSPS) is 10.3. The molecule has 0 unspecified atom stereocenters. The van der Waals surface area contributed by atoms with Crippen LogP contribution in [0.1, 0.15) is 17.5 Å². The van der Waals surface area contributed by atoms with Gasteiger partial charge in [0, 0.05) is 18.5 Å². The van der Waals surface area contributed by atoms with Crippen LogP contribution in [0.4, 0.5) is 20.7 Å². The number of aromatic nitrogens is 1. The molecule has 7 heteroatoms. The van der Waals surface area contributed by atoms with Gasteiger partial charge in [-0.05, 0) is 43.2 Å². The second kappa shape index (κ2) is 8.82. The van der Waals surface area contributed by atoms with Gasteiger partial charge in [-0.1, -0.05) is 24.3 Å². The second-order valence-electron chi connectivity index (χ2n) is 6.33. The Morgan fingerprint density at radius 3 is 2.79 bits per heavy atom. The Bertz CT molecular complexity index is 1040. The Morgan fingerprint density at radius 2 is 2.00 bits per heavy atom. The maximum atomic E-state index is 13.5. The van der Waals surface area contributed by atoms with Crippen LogP contribution in [0.25, 0.3) is 10.9 Å². The van der Waals surface area contributed by atoms with E-state index in [-0.39, 0.29) is 5.69 Å². The summed E-state index contributed by atoms with van der Waals surface area (Å²) in [5.74, 6) is 0.0392. The van der Waals surface area contributed by atoms with E-state index in [1.165, 1.54) is 12.1 Å². The third-order valence-electron chi connectivity index (χ3n) is 4.15. The number of nitrogens with one attached hydrogen (secondary N) is 3. The van der Waals surface area contributed by atoms with Gasteiger partial charge in [0.25, 0.3) is 0 Å². The van der Waals surface area contributed by atoms with E-state index in [9.17, 15) is 14.4 Å². The summed E-state index contributed by atoms with van der Waals surface area (Å²) in [5, 5.41) is 18.5. The molecule has 0 saturated carbocycles. The van der Waals surface area contributed by atoms with E-state index in [4.69, 9.17) is 0 Å². The SMILES string of the molecule is Cc1ccc2cc(C#N)c(NCCCNC(=O)Nc3ccccc3F)nc2c1. The molecule has 2 amide bonds. The molecule has 142 valence electrons. The first-order valence-corrected chi connectivity index (χ1v) is 8.91. The lowest BCUT2D eigenvalue weighted by atomic mass is 10.1. The van der Waals surface area contributed by atoms with E-state index < -0.39 is 11.8 Å². The van der Waals surface area contributed by atoms with Gasteiger partial charge in [-0.25, -0.2) is 14.2 Å². The van der Waals surface area contributed by atoms with Gasteiger partial charge in [0.1, 0.15) is 17.7 Å². The molecule has 0 aliphatic rings. The third-order valence-corrected chi connectivity index (χ3v) is 4.15. The van der Waals surface area contributed by atoms with Gasteiger partial charge in [0.05, 0.1) is 16.8 Å². The van der Waals surface area contributed by atoms with Crippen LogP contribution in [0.2, 0.25) is 0 Å². The first-order valence-electron chi connectivity index (χ1n) is 8.91. The van der Waals surface area contributed by atoms with E-state index >= 15 is 0 Å². The Morgan fingerprint density at radius 1 is 1.18 bits per heavy atom. The number of nitriles is 1. The van der Waals surface area contributed by atoms with Crippen molar-refractivity contribution < 1.29 is 9.18 Å². The van der Waals surface area contributed by atoms with E-state index in [1.54, 1.807) is 12.1 Å². The van der Waals surface area contributed by atoms with Crippen LogP contribution in [0.15, 0.2) is 48.5 Å². The molecule has 0 radical (unpaired) electrons. The monoisotopic (exact) mass is 377 g/mol. The molecule has 2 aromatic carbocycles. The number of amides is 2. The lowest BCUT2D eigenvalue weighted by Crippen LogP contribution is -2.30. The minimum Gasteiger partial charge on any atom is -0.369 e. The summed E-state index contributed by atoms with van der Waals surface area (Å²) in [5.41, 5.74) is 2.53. The molecule has 0 aliphatic heterocycles. The van der Waals surface area contributed by atoms with Crippen LogP contribution in [-0.2, 0) is 0 Å². The van der Waals surface area contributed by atoms with Crippen molar-refractivity contribution in [3.8, 4) is 6.07 Å². The molecule has 3 aromatic rings. The van der Waals surface area contributed by atoms with Crippen molar-refractivity contribution in [1.82, 2.24) is 10.3 Å². The first-order chi connectivity index (χ1) is 13.6.